The molecule has 0 saturated heterocycles. The number of hydrogen-bond acceptors (Lipinski definition) is 3. The predicted molar refractivity (Wildman–Crippen MR) is 89.9 cm³/mol. The van der Waals surface area contributed by atoms with Crippen molar-refractivity contribution in [2.45, 2.75) is 32.6 Å². The molecule has 0 aliphatic carbocycles. The van der Waals surface area contributed by atoms with Crippen LogP contribution in [0.25, 0.3) is 0 Å². The summed E-state index contributed by atoms with van der Waals surface area (Å²) in [6.45, 7) is 10.2. The van der Waals surface area contributed by atoms with Gasteiger partial charge in [0.05, 0.1) is 5.69 Å². The van der Waals surface area contributed by atoms with Crippen LogP contribution in [0, 0.1) is 6.92 Å². The number of benzene rings is 1. The smallest absolute Gasteiger partial charge is 0.137 e. The van der Waals surface area contributed by atoms with E-state index in [-0.39, 0.29) is 0 Å². The summed E-state index contributed by atoms with van der Waals surface area (Å²) in [5.74, 6) is 0. The first kappa shape index (κ1) is 16.4. The maximum atomic E-state index is 6.01. The number of aryl methyl sites for hydroxylation is 1. The molecule has 0 bridgehead atoms. The highest BCUT2D eigenvalue weighted by atomic mass is 79.9. The van der Waals surface area contributed by atoms with Crippen molar-refractivity contribution in [1.82, 2.24) is 0 Å². The lowest BCUT2D eigenvalue weighted by atomic mass is 10.1. The number of aliphatic imine (C=N–C) groups is 1. The first-order valence-corrected chi connectivity index (χ1v) is 10.9. The fraction of sp³-hybridized carbons (Fsp3) is 0.500. The number of halogens is 1. The number of nitrogen functional groups attached to an aromatic ring is 1. The van der Waals surface area contributed by atoms with Gasteiger partial charge in [0.15, 0.2) is 0 Å². The number of nitrogens with two attached hydrogens (primary N) is 1. The van der Waals surface area contributed by atoms with E-state index in [9.17, 15) is 0 Å². The van der Waals surface area contributed by atoms with Crippen molar-refractivity contribution in [2.75, 3.05) is 19.1 Å². The summed E-state index contributed by atoms with van der Waals surface area (Å²) in [5, 5.41) is 0. The van der Waals surface area contributed by atoms with Gasteiger partial charge in [-0.25, -0.2) is 0 Å². The second-order valence-corrected chi connectivity index (χ2v) is 12.3. The van der Waals surface area contributed by atoms with E-state index in [1.807, 2.05) is 19.1 Å². The van der Waals surface area contributed by atoms with E-state index >= 15 is 0 Å². The van der Waals surface area contributed by atoms with Crippen molar-refractivity contribution in [3.8, 4) is 0 Å². The molecule has 0 unspecified atom stereocenters. The van der Waals surface area contributed by atoms with Crippen molar-refractivity contribution < 1.29 is 4.74 Å². The lowest BCUT2D eigenvalue weighted by Gasteiger charge is -2.14. The van der Waals surface area contributed by atoms with E-state index in [4.69, 9.17) is 10.5 Å². The molecular formula is C14H23BrN2OSi. The molecule has 1 aromatic rings. The Hall–Kier alpha value is -0.653. The summed E-state index contributed by atoms with van der Waals surface area (Å²) in [4.78, 5) is 4.26. The Balaban J connectivity index is 2.44. The summed E-state index contributed by atoms with van der Waals surface area (Å²) >= 11 is 3.47. The average Bonchev–Trinajstić information content (AvgIpc) is 2.32. The topological polar surface area (TPSA) is 47.6 Å². The van der Waals surface area contributed by atoms with Gasteiger partial charge in [0.2, 0.25) is 0 Å². The first-order chi connectivity index (χ1) is 8.81. The Bertz CT molecular complexity index is 455. The molecule has 0 saturated carbocycles. The van der Waals surface area contributed by atoms with Gasteiger partial charge in [0.1, 0.15) is 6.73 Å². The highest BCUT2D eigenvalue weighted by Gasteiger charge is 2.11. The van der Waals surface area contributed by atoms with Crippen LogP contribution in [0.1, 0.15) is 11.1 Å². The molecule has 0 spiro atoms. The molecule has 2 N–H and O–H groups in total. The molecule has 0 heterocycles. The molecule has 1 rings (SSSR count). The monoisotopic (exact) mass is 342 g/mol. The molecule has 0 atom stereocenters. The molecule has 5 heteroatoms. The van der Waals surface area contributed by atoms with Crippen molar-refractivity contribution in [3.05, 3.63) is 27.7 Å². The second-order valence-electron chi connectivity index (χ2n) is 5.86. The Morgan fingerprint density at radius 1 is 1.37 bits per heavy atom. The second kappa shape index (κ2) is 7.22. The molecule has 106 valence electrons. The number of anilines is 1. The minimum absolute atomic E-state index is 0.398. The van der Waals surface area contributed by atoms with E-state index in [1.165, 1.54) is 6.04 Å². The van der Waals surface area contributed by atoms with Crippen LogP contribution in [0.4, 0.5) is 5.69 Å². The van der Waals surface area contributed by atoms with Gasteiger partial charge < -0.3 is 10.5 Å². The Morgan fingerprint density at radius 3 is 2.68 bits per heavy atom. The van der Waals surface area contributed by atoms with Gasteiger partial charge in [-0.05, 0) is 34.5 Å². The van der Waals surface area contributed by atoms with Gasteiger partial charge in [0.25, 0.3) is 0 Å². The molecule has 19 heavy (non-hydrogen) atoms. The lowest BCUT2D eigenvalue weighted by Crippen LogP contribution is -2.21. The van der Waals surface area contributed by atoms with Crippen molar-refractivity contribution >= 4 is 35.9 Å². The fourth-order valence-electron chi connectivity index (χ4n) is 1.46. The van der Waals surface area contributed by atoms with Crippen LogP contribution >= 0.6 is 15.9 Å². The van der Waals surface area contributed by atoms with Crippen LogP contribution in [0.2, 0.25) is 25.7 Å². The molecule has 0 fully saturated rings. The van der Waals surface area contributed by atoms with Gasteiger partial charge in [-0.15, -0.1) is 0 Å². The zero-order valence-electron chi connectivity index (χ0n) is 12.2. The normalized spacial score (nSPS) is 12.3. The van der Waals surface area contributed by atoms with Gasteiger partial charge in [-0.1, -0.05) is 31.8 Å². The molecule has 0 aliphatic heterocycles. The van der Waals surface area contributed by atoms with Crippen LogP contribution in [0.15, 0.2) is 21.6 Å². The van der Waals surface area contributed by atoms with Gasteiger partial charge in [-0.2, -0.15) is 0 Å². The van der Waals surface area contributed by atoms with E-state index in [1.54, 1.807) is 6.21 Å². The van der Waals surface area contributed by atoms with Crippen LogP contribution in [0.3, 0.4) is 0 Å². The Kier molecular flexibility index (Phi) is 6.23. The third-order valence-corrected chi connectivity index (χ3v) is 5.56. The highest BCUT2D eigenvalue weighted by molar-refractivity contribution is 9.10. The van der Waals surface area contributed by atoms with Crippen LogP contribution in [0.5, 0.6) is 0 Å². The quantitative estimate of drug-likeness (QED) is 0.366. The van der Waals surface area contributed by atoms with Gasteiger partial charge in [-0.3, -0.25) is 4.99 Å². The van der Waals surface area contributed by atoms with E-state index in [0.717, 1.165) is 27.9 Å². The Morgan fingerprint density at radius 2 is 2.05 bits per heavy atom. The SMILES string of the molecule is Cc1ccc(C=NCOCC[Si](C)(C)C)c(N)c1Br. The number of ether oxygens (including phenoxy) is 1. The number of rotatable bonds is 6. The molecule has 0 amide bonds. The fourth-order valence-corrected chi connectivity index (χ4v) is 2.58. The molecule has 0 aliphatic rings. The molecule has 0 radical (unpaired) electrons. The van der Waals surface area contributed by atoms with Crippen molar-refractivity contribution in [3.63, 3.8) is 0 Å². The van der Waals surface area contributed by atoms with Crippen LogP contribution < -0.4 is 5.73 Å². The maximum Gasteiger partial charge on any atom is 0.137 e. The van der Waals surface area contributed by atoms with Crippen LogP contribution in [-0.2, 0) is 4.74 Å². The third kappa shape index (κ3) is 5.89. The summed E-state index contributed by atoms with van der Waals surface area (Å²) in [6.07, 6.45) is 1.77. The largest absolute Gasteiger partial charge is 0.397 e. The summed E-state index contributed by atoms with van der Waals surface area (Å²) in [6, 6.07) is 5.16. The van der Waals surface area contributed by atoms with Gasteiger partial charge >= 0.3 is 0 Å². The van der Waals surface area contributed by atoms with Crippen LogP contribution in [-0.4, -0.2) is 27.6 Å². The van der Waals surface area contributed by atoms with Crippen molar-refractivity contribution in [2.24, 2.45) is 4.99 Å². The zero-order valence-corrected chi connectivity index (χ0v) is 14.8. The minimum atomic E-state index is -1.01. The summed E-state index contributed by atoms with van der Waals surface area (Å²) < 4.78 is 6.45. The Labute approximate surface area is 125 Å². The summed E-state index contributed by atoms with van der Waals surface area (Å²) in [5.41, 5.74) is 8.78. The zero-order chi connectivity index (χ0) is 14.5. The minimum Gasteiger partial charge on any atom is -0.397 e. The first-order valence-electron chi connectivity index (χ1n) is 6.43. The summed E-state index contributed by atoms with van der Waals surface area (Å²) in [7, 11) is -1.01. The van der Waals surface area contributed by atoms with Crippen molar-refractivity contribution in [1.29, 1.82) is 0 Å². The standard InChI is InChI=1S/C14H23BrN2OSi/c1-11-5-6-12(14(16)13(11)15)9-17-10-18-7-8-19(2,3)4/h5-6,9H,7-8,10,16H2,1-4H3. The van der Waals surface area contributed by atoms with Gasteiger partial charge in [0, 0.05) is 30.9 Å². The molecule has 1 aromatic carbocycles. The van der Waals surface area contributed by atoms with E-state index < -0.39 is 8.07 Å². The molecular weight excluding hydrogens is 320 g/mol. The van der Waals surface area contributed by atoms with E-state index in [2.05, 4.69) is 40.6 Å². The molecule has 0 aromatic heterocycles. The lowest BCUT2D eigenvalue weighted by molar-refractivity contribution is 0.156. The highest BCUT2D eigenvalue weighted by Crippen LogP contribution is 2.25. The number of hydrogen-bond donors (Lipinski definition) is 1. The average molecular weight is 343 g/mol. The number of nitrogens with zero attached hydrogens (tertiary/aromatic N) is 1. The predicted octanol–water partition coefficient (Wildman–Crippen LogP) is 4.07. The maximum absolute atomic E-state index is 6.01. The molecule has 3 nitrogen and oxygen atoms in total. The van der Waals surface area contributed by atoms with E-state index in [0.29, 0.717) is 6.73 Å². The third-order valence-electron chi connectivity index (χ3n) is 2.80.